The molecule has 6 heteroatoms. The fourth-order valence-corrected chi connectivity index (χ4v) is 0. The van der Waals surface area contributed by atoms with Crippen molar-refractivity contribution in [3.63, 3.8) is 0 Å². The Hall–Kier alpha value is -0.0210. The molecule has 0 spiro atoms. The summed E-state index contributed by atoms with van der Waals surface area (Å²) in [7, 11) is 0. The van der Waals surface area contributed by atoms with Crippen LogP contribution in [0.3, 0.4) is 0 Å². The molecule has 0 aliphatic heterocycles. The van der Waals surface area contributed by atoms with Crippen LogP contribution in [0.2, 0.25) is 0 Å². The molecular formula is C2Cu2O4. The summed E-state index contributed by atoms with van der Waals surface area (Å²) in [6.45, 7) is 0. The van der Waals surface area contributed by atoms with Gasteiger partial charge in [-0.25, -0.2) is 0 Å². The Morgan fingerprint density at radius 3 is 1.12 bits per heavy atom. The molecule has 4 nitrogen and oxygen atoms in total. The second-order valence-electron chi connectivity index (χ2n) is 0.575. The zero-order valence-corrected chi connectivity index (χ0v) is 5.12. The van der Waals surface area contributed by atoms with E-state index in [-0.39, 0.29) is 34.1 Å². The van der Waals surface area contributed by atoms with E-state index in [4.69, 9.17) is 19.8 Å². The van der Waals surface area contributed by atoms with Crippen LogP contribution in [0.4, 0.5) is 0 Å². The van der Waals surface area contributed by atoms with Gasteiger partial charge in [0.15, 0.2) is 0 Å². The normalized spacial score (nSPS) is 5.50. The van der Waals surface area contributed by atoms with Crippen molar-refractivity contribution in [1.29, 1.82) is 0 Å². The van der Waals surface area contributed by atoms with Crippen LogP contribution in [0.15, 0.2) is 0 Å². The van der Waals surface area contributed by atoms with E-state index >= 15 is 0 Å². The van der Waals surface area contributed by atoms with E-state index in [0.29, 0.717) is 0 Å². The average molecular weight is 215 g/mol. The third kappa shape index (κ3) is 9.36. The van der Waals surface area contributed by atoms with Crippen LogP contribution < -0.4 is 10.2 Å². The molecule has 2 radical (unpaired) electrons. The predicted octanol–water partition coefficient (Wildman–Crippen LogP) is -3.52. The molecule has 0 aromatic carbocycles. The van der Waals surface area contributed by atoms with E-state index in [1.54, 1.807) is 0 Å². The molecule has 0 unspecified atom stereocenters. The molecular weight excluding hydrogens is 215 g/mol. The summed E-state index contributed by atoms with van der Waals surface area (Å²) < 4.78 is 0. The van der Waals surface area contributed by atoms with Crippen molar-refractivity contribution < 1.29 is 53.9 Å². The van der Waals surface area contributed by atoms with Crippen LogP contribution in [-0.4, -0.2) is 11.9 Å². The molecule has 0 fully saturated rings. The van der Waals surface area contributed by atoms with E-state index < -0.39 is 11.9 Å². The van der Waals surface area contributed by atoms with Gasteiger partial charge in [-0.15, -0.1) is 0 Å². The van der Waals surface area contributed by atoms with Gasteiger partial charge >= 0.3 is 17.1 Å². The van der Waals surface area contributed by atoms with E-state index in [9.17, 15) is 0 Å². The summed E-state index contributed by atoms with van der Waals surface area (Å²) in [6.07, 6.45) is 0. The van der Waals surface area contributed by atoms with Crippen molar-refractivity contribution in [2.75, 3.05) is 0 Å². The summed E-state index contributed by atoms with van der Waals surface area (Å²) in [5.41, 5.74) is 0. The molecule has 0 rings (SSSR count). The Labute approximate surface area is 66.2 Å². The summed E-state index contributed by atoms with van der Waals surface area (Å²) in [5, 5.41) is 17.9. The van der Waals surface area contributed by atoms with Gasteiger partial charge in [-0.3, -0.25) is 0 Å². The van der Waals surface area contributed by atoms with E-state index in [1.165, 1.54) is 0 Å². The Balaban J connectivity index is -0.000000125. The third-order valence-corrected chi connectivity index (χ3v) is 0.167. The number of carbonyl (C=O) groups is 2. The van der Waals surface area contributed by atoms with Crippen LogP contribution in [0.25, 0.3) is 0 Å². The minimum atomic E-state index is -2.19. The molecule has 0 saturated carbocycles. The van der Waals surface area contributed by atoms with Crippen LogP contribution in [0, 0.1) is 0 Å². The number of hydrogen-bond acceptors (Lipinski definition) is 4. The van der Waals surface area contributed by atoms with E-state index in [2.05, 4.69) is 0 Å². The first kappa shape index (κ1) is 15.7. The first-order valence-electron chi connectivity index (χ1n) is 1.07. The van der Waals surface area contributed by atoms with Gasteiger partial charge in [0.2, 0.25) is 0 Å². The smallest absolute Gasteiger partial charge is 0.543 e. The molecule has 0 aliphatic carbocycles. The summed E-state index contributed by atoms with van der Waals surface area (Å²) in [4.78, 5) is 17.9. The van der Waals surface area contributed by atoms with Crippen molar-refractivity contribution in [3.05, 3.63) is 0 Å². The van der Waals surface area contributed by atoms with Gasteiger partial charge < -0.3 is 19.8 Å². The van der Waals surface area contributed by atoms with Gasteiger partial charge in [0, 0.05) is 17.1 Å². The first-order valence-corrected chi connectivity index (χ1v) is 1.07. The van der Waals surface area contributed by atoms with Crippen molar-refractivity contribution in [2.45, 2.75) is 0 Å². The van der Waals surface area contributed by atoms with Crippen LogP contribution in [0.5, 0.6) is 0 Å². The second kappa shape index (κ2) is 6.98. The van der Waals surface area contributed by atoms with Crippen LogP contribution in [-0.2, 0) is 43.7 Å². The minimum absolute atomic E-state index is 0. The van der Waals surface area contributed by atoms with E-state index in [0.717, 1.165) is 0 Å². The van der Waals surface area contributed by atoms with Gasteiger partial charge in [-0.1, -0.05) is 0 Å². The van der Waals surface area contributed by atoms with Gasteiger partial charge in [0.05, 0.1) is 11.9 Å². The van der Waals surface area contributed by atoms with Crippen LogP contribution in [0.1, 0.15) is 0 Å². The van der Waals surface area contributed by atoms with Crippen molar-refractivity contribution in [1.82, 2.24) is 0 Å². The number of rotatable bonds is 0. The number of carboxylic acid groups (broad SMARTS) is 2. The fourth-order valence-electron chi connectivity index (χ4n) is 0. The number of carbonyl (C=O) groups excluding carboxylic acids is 2. The number of aliphatic carboxylic acids is 2. The summed E-state index contributed by atoms with van der Waals surface area (Å²) in [6, 6.07) is 0. The molecule has 54 valence electrons. The third-order valence-electron chi connectivity index (χ3n) is 0.167. The Morgan fingerprint density at radius 1 is 1.00 bits per heavy atom. The maximum absolute atomic E-state index is 8.93. The fraction of sp³-hybridized carbons (Fsp3) is 0. The standard InChI is InChI=1S/C2H2O4.2Cu/c3-1(4)2(5)6;;/h(H,3,4)(H,5,6);;/q;;+2/p-2. The quantitative estimate of drug-likeness (QED) is 0.310. The van der Waals surface area contributed by atoms with Gasteiger partial charge in [0.1, 0.15) is 0 Å². The topological polar surface area (TPSA) is 80.3 Å². The molecule has 0 aromatic heterocycles. The zero-order valence-electron chi connectivity index (χ0n) is 3.24. The van der Waals surface area contributed by atoms with Crippen molar-refractivity contribution in [2.24, 2.45) is 0 Å². The van der Waals surface area contributed by atoms with Crippen molar-refractivity contribution in [3.8, 4) is 0 Å². The van der Waals surface area contributed by atoms with Crippen LogP contribution >= 0.6 is 0 Å². The zero-order chi connectivity index (χ0) is 5.15. The molecule has 0 amide bonds. The monoisotopic (exact) mass is 214 g/mol. The number of carboxylic acids is 2. The van der Waals surface area contributed by atoms with Gasteiger partial charge in [0.25, 0.3) is 0 Å². The summed E-state index contributed by atoms with van der Waals surface area (Å²) >= 11 is 0. The molecule has 0 aliphatic rings. The molecule has 0 atom stereocenters. The SMILES string of the molecule is O=C([O-])C(=O)[O-].[Cu+2].[Cu]. The molecule has 8 heavy (non-hydrogen) atoms. The van der Waals surface area contributed by atoms with Gasteiger partial charge in [-0.05, 0) is 0 Å². The molecule has 0 bridgehead atoms. The average Bonchev–Trinajstić information content (AvgIpc) is 1.36. The van der Waals surface area contributed by atoms with E-state index in [1.807, 2.05) is 0 Å². The Bertz CT molecular complexity index is 78.0. The first-order chi connectivity index (χ1) is 2.64. The van der Waals surface area contributed by atoms with Gasteiger partial charge in [-0.2, -0.15) is 0 Å². The molecule has 0 heterocycles. The largest absolute Gasteiger partial charge is 2.00 e. The Morgan fingerprint density at radius 2 is 1.12 bits per heavy atom. The molecule has 0 aromatic rings. The minimum Gasteiger partial charge on any atom is -0.543 e. The number of hydrogen-bond donors (Lipinski definition) is 0. The second-order valence-corrected chi connectivity index (χ2v) is 0.575. The summed E-state index contributed by atoms with van der Waals surface area (Å²) in [5.74, 6) is -4.37. The predicted molar refractivity (Wildman–Crippen MR) is 10.0 cm³/mol. The maximum atomic E-state index is 8.93. The molecule has 0 N–H and O–H groups in total. The van der Waals surface area contributed by atoms with Crippen molar-refractivity contribution >= 4 is 11.9 Å². The maximum Gasteiger partial charge on any atom is 2.00 e. The Kier molecular flexibility index (Phi) is 13.7. The molecule has 0 saturated heterocycles.